The Bertz CT molecular complexity index is 1370. The summed E-state index contributed by atoms with van der Waals surface area (Å²) in [6, 6.07) is 10.9. The van der Waals surface area contributed by atoms with Gasteiger partial charge in [0.05, 0.1) is 11.8 Å². The number of carboxylic acids is 1. The van der Waals surface area contributed by atoms with E-state index in [0.29, 0.717) is 5.69 Å². The molecule has 0 saturated carbocycles. The lowest BCUT2D eigenvalue weighted by Crippen LogP contribution is -2.37. The van der Waals surface area contributed by atoms with Crippen molar-refractivity contribution in [2.24, 2.45) is 0 Å². The van der Waals surface area contributed by atoms with Crippen molar-refractivity contribution in [3.63, 3.8) is 0 Å². The molecule has 9 nitrogen and oxygen atoms in total. The number of carbonyl (C=O) groups is 3. The predicted molar refractivity (Wildman–Crippen MR) is 130 cm³/mol. The third-order valence-corrected chi connectivity index (χ3v) is 4.98. The first-order valence-electron chi connectivity index (χ1n) is 10.0. The SMILES string of the molecule is [B]C([B])(O)Oc1cn(CC(=O)Nc2ccc(C(=O)O)cc2)c(=O)cc1-c1cc(Cl)ccc1C(C)=O. The minimum absolute atomic E-state index is 0.0404. The van der Waals surface area contributed by atoms with Gasteiger partial charge in [-0.15, -0.1) is 0 Å². The summed E-state index contributed by atoms with van der Waals surface area (Å²) in [6.07, 6.45) is 1.11. The highest BCUT2D eigenvalue weighted by molar-refractivity contribution is 6.37. The normalized spacial score (nSPS) is 11.1. The number of amides is 1. The molecule has 0 saturated heterocycles. The average Bonchev–Trinajstić information content (AvgIpc) is 2.74. The highest BCUT2D eigenvalue weighted by Gasteiger charge is 2.22. The molecule has 12 heteroatoms. The van der Waals surface area contributed by atoms with Crippen molar-refractivity contribution < 1.29 is 29.3 Å². The van der Waals surface area contributed by atoms with Crippen LogP contribution in [0.4, 0.5) is 5.69 Å². The zero-order chi connectivity index (χ0) is 25.9. The maximum absolute atomic E-state index is 12.8. The summed E-state index contributed by atoms with van der Waals surface area (Å²) in [5, 5.41) is 21.6. The van der Waals surface area contributed by atoms with E-state index < -0.39 is 29.6 Å². The summed E-state index contributed by atoms with van der Waals surface area (Å²) in [4.78, 5) is 48.4. The lowest BCUT2D eigenvalue weighted by atomic mass is 9.76. The van der Waals surface area contributed by atoms with Crippen molar-refractivity contribution >= 4 is 50.6 Å². The Balaban J connectivity index is 1.99. The first-order chi connectivity index (χ1) is 16.3. The van der Waals surface area contributed by atoms with E-state index in [-0.39, 0.29) is 38.8 Å². The van der Waals surface area contributed by atoms with E-state index in [2.05, 4.69) is 5.32 Å². The number of nitrogens with zero attached hydrogens (tertiary/aromatic N) is 1. The van der Waals surface area contributed by atoms with Crippen LogP contribution in [0.2, 0.25) is 5.02 Å². The Morgan fingerprint density at radius 1 is 1.09 bits per heavy atom. The predicted octanol–water partition coefficient (Wildman–Crippen LogP) is 2.03. The number of aliphatic hydroxyl groups is 1. The first kappa shape index (κ1) is 25.8. The van der Waals surface area contributed by atoms with Gasteiger partial charge in [0.15, 0.2) is 21.5 Å². The maximum atomic E-state index is 12.8. The van der Waals surface area contributed by atoms with Gasteiger partial charge in [-0.05, 0) is 55.0 Å². The largest absolute Gasteiger partial charge is 0.479 e. The fraction of sp³-hybridized carbons (Fsp3) is 0.130. The third kappa shape index (κ3) is 6.62. The number of aromatic nitrogens is 1. The van der Waals surface area contributed by atoms with Crippen LogP contribution in [0.3, 0.4) is 0 Å². The minimum atomic E-state index is -2.64. The summed E-state index contributed by atoms with van der Waals surface area (Å²) in [5.74, 6) is -2.25. The molecule has 174 valence electrons. The van der Waals surface area contributed by atoms with Crippen LogP contribution in [0.25, 0.3) is 11.1 Å². The summed E-state index contributed by atoms with van der Waals surface area (Å²) < 4.78 is 6.18. The molecular formula is C23H17B2ClN2O7. The standard InChI is InChI=1S/C23H17B2ClN2O7/c1-12(29)16-7-4-14(26)8-17(16)18-9-21(31)28(10-19(18)35-23(24,25)34)11-20(30)27-15-5-2-13(3-6-15)22(32)33/h2-10,34H,11H2,1H3,(H,27,30)(H,32,33). The van der Waals surface area contributed by atoms with Crippen molar-refractivity contribution in [2.45, 2.75) is 19.1 Å². The van der Waals surface area contributed by atoms with Crippen LogP contribution in [0, 0.1) is 0 Å². The van der Waals surface area contributed by atoms with Gasteiger partial charge < -0.3 is 24.8 Å². The van der Waals surface area contributed by atoms with Crippen molar-refractivity contribution in [2.75, 3.05) is 5.32 Å². The lowest BCUT2D eigenvalue weighted by Gasteiger charge is -2.24. The number of hydrogen-bond acceptors (Lipinski definition) is 6. The Kier molecular flexibility index (Phi) is 7.52. The van der Waals surface area contributed by atoms with Gasteiger partial charge in [-0.1, -0.05) is 11.6 Å². The summed E-state index contributed by atoms with van der Waals surface area (Å²) in [7, 11) is 10.8. The number of rotatable bonds is 8. The number of pyridine rings is 1. The summed E-state index contributed by atoms with van der Waals surface area (Å²) in [6.45, 7) is 0.850. The number of halogens is 1. The van der Waals surface area contributed by atoms with E-state index in [1.54, 1.807) is 0 Å². The van der Waals surface area contributed by atoms with Gasteiger partial charge in [0.2, 0.25) is 5.91 Å². The van der Waals surface area contributed by atoms with Gasteiger partial charge in [0.25, 0.3) is 5.56 Å². The minimum Gasteiger partial charge on any atom is -0.479 e. The fourth-order valence-corrected chi connectivity index (χ4v) is 3.41. The van der Waals surface area contributed by atoms with Crippen LogP contribution in [-0.2, 0) is 11.3 Å². The lowest BCUT2D eigenvalue weighted by molar-refractivity contribution is -0.116. The number of Topliss-reactive ketones (excluding diaryl/α,β-unsaturated/α-hetero) is 1. The van der Waals surface area contributed by atoms with E-state index >= 15 is 0 Å². The molecule has 0 fully saturated rings. The van der Waals surface area contributed by atoms with Crippen molar-refractivity contribution in [3.8, 4) is 16.9 Å². The molecule has 3 rings (SSSR count). The number of hydrogen-bond donors (Lipinski definition) is 3. The van der Waals surface area contributed by atoms with Crippen LogP contribution in [-0.4, -0.2) is 53.7 Å². The highest BCUT2D eigenvalue weighted by Crippen LogP contribution is 2.34. The molecule has 0 spiro atoms. The van der Waals surface area contributed by atoms with Gasteiger partial charge in [-0.3, -0.25) is 14.4 Å². The highest BCUT2D eigenvalue weighted by atomic mass is 35.5. The number of anilines is 1. The molecule has 3 N–H and O–H groups in total. The molecule has 0 aliphatic rings. The zero-order valence-corrected chi connectivity index (χ0v) is 19.1. The molecule has 1 heterocycles. The number of aromatic carboxylic acids is 1. The van der Waals surface area contributed by atoms with E-state index in [1.165, 1.54) is 49.4 Å². The molecule has 0 aliphatic carbocycles. The zero-order valence-electron chi connectivity index (χ0n) is 18.3. The van der Waals surface area contributed by atoms with E-state index in [0.717, 1.165) is 16.8 Å². The molecule has 1 amide bonds. The molecular weight excluding hydrogens is 473 g/mol. The third-order valence-electron chi connectivity index (χ3n) is 4.74. The van der Waals surface area contributed by atoms with Crippen molar-refractivity contribution in [1.29, 1.82) is 0 Å². The van der Waals surface area contributed by atoms with E-state index in [9.17, 15) is 24.3 Å². The second kappa shape index (κ2) is 10.2. The van der Waals surface area contributed by atoms with Crippen LogP contribution in [0.1, 0.15) is 27.6 Å². The van der Waals surface area contributed by atoms with E-state index in [1.807, 2.05) is 0 Å². The fourth-order valence-electron chi connectivity index (χ4n) is 3.24. The number of carbonyl (C=O) groups excluding carboxylic acids is 2. The number of ketones is 1. The number of carboxylic acid groups (broad SMARTS) is 1. The molecule has 0 bridgehead atoms. The summed E-state index contributed by atoms with van der Waals surface area (Å²) >= 11 is 6.08. The number of nitrogens with one attached hydrogen (secondary N) is 1. The Hall–Kier alpha value is -3.82. The maximum Gasteiger partial charge on any atom is 0.335 e. The average molecular weight is 490 g/mol. The van der Waals surface area contributed by atoms with Crippen LogP contribution in [0.15, 0.2) is 59.5 Å². The summed E-state index contributed by atoms with van der Waals surface area (Å²) in [5.41, 5.74) is -2.41. The monoisotopic (exact) mass is 490 g/mol. The van der Waals surface area contributed by atoms with E-state index in [4.69, 9.17) is 37.1 Å². The molecule has 35 heavy (non-hydrogen) atoms. The van der Waals surface area contributed by atoms with Crippen LogP contribution in [0.5, 0.6) is 5.75 Å². The van der Waals surface area contributed by atoms with Gasteiger partial charge in [-0.2, -0.15) is 0 Å². The quantitative estimate of drug-likeness (QED) is 0.250. The van der Waals surface area contributed by atoms with Gasteiger partial charge in [-0.25, -0.2) is 4.79 Å². The molecule has 0 unspecified atom stereocenters. The smallest absolute Gasteiger partial charge is 0.335 e. The van der Waals surface area contributed by atoms with Crippen LogP contribution < -0.4 is 15.6 Å². The number of ether oxygens (including phenoxy) is 1. The first-order valence-corrected chi connectivity index (χ1v) is 10.4. The van der Waals surface area contributed by atoms with Crippen LogP contribution >= 0.6 is 11.6 Å². The molecule has 2 aromatic carbocycles. The number of benzene rings is 2. The Morgan fingerprint density at radius 2 is 1.74 bits per heavy atom. The Labute approximate surface area is 207 Å². The Morgan fingerprint density at radius 3 is 2.31 bits per heavy atom. The van der Waals surface area contributed by atoms with Crippen molar-refractivity contribution in [1.82, 2.24) is 4.57 Å². The second-order valence-electron chi connectivity index (χ2n) is 7.55. The molecule has 0 aliphatic heterocycles. The van der Waals surface area contributed by atoms with Gasteiger partial charge in [0, 0.05) is 27.9 Å². The second-order valence-corrected chi connectivity index (χ2v) is 7.98. The van der Waals surface area contributed by atoms with Gasteiger partial charge in [0.1, 0.15) is 17.9 Å². The molecule has 4 radical (unpaired) electrons. The van der Waals surface area contributed by atoms with Crippen molar-refractivity contribution in [3.05, 3.63) is 81.2 Å². The topological polar surface area (TPSA) is 135 Å². The molecule has 1 aromatic heterocycles. The molecule has 3 aromatic rings. The molecule has 0 atom stereocenters. The van der Waals surface area contributed by atoms with Gasteiger partial charge >= 0.3 is 5.97 Å².